The lowest BCUT2D eigenvalue weighted by Crippen LogP contribution is -2.39. The number of anilines is 1. The van der Waals surface area contributed by atoms with Crippen molar-refractivity contribution >= 4 is 21.7 Å². The highest BCUT2D eigenvalue weighted by Gasteiger charge is 2.22. The Morgan fingerprint density at radius 2 is 2.11 bits per heavy atom. The van der Waals surface area contributed by atoms with Crippen LogP contribution in [0, 0.1) is 0 Å². The van der Waals surface area contributed by atoms with Gasteiger partial charge in [0, 0.05) is 5.69 Å². The highest BCUT2D eigenvalue weighted by molar-refractivity contribution is 7.89. The molecule has 0 amide bonds. The molecule has 0 radical (unpaired) electrons. The van der Waals surface area contributed by atoms with Gasteiger partial charge in [-0.3, -0.25) is 4.79 Å². The largest absolute Gasteiger partial charge is 0.468 e. The van der Waals surface area contributed by atoms with Crippen LogP contribution in [-0.4, -0.2) is 27.5 Å². The van der Waals surface area contributed by atoms with Gasteiger partial charge in [0.1, 0.15) is 6.04 Å². The molecule has 0 heterocycles. The average molecular weight is 286 g/mol. The van der Waals surface area contributed by atoms with Crippen LogP contribution in [0.1, 0.15) is 19.4 Å². The molecule has 0 aliphatic carbocycles. The zero-order valence-corrected chi connectivity index (χ0v) is 12.0. The summed E-state index contributed by atoms with van der Waals surface area (Å²) >= 11 is 0. The minimum absolute atomic E-state index is 0.0259. The highest BCUT2D eigenvalue weighted by Crippen LogP contribution is 2.18. The third-order valence-electron chi connectivity index (χ3n) is 2.70. The molecule has 0 aromatic heterocycles. The van der Waals surface area contributed by atoms with Crippen molar-refractivity contribution in [3.63, 3.8) is 0 Å². The van der Waals surface area contributed by atoms with E-state index in [1.54, 1.807) is 6.07 Å². The van der Waals surface area contributed by atoms with E-state index in [1.165, 1.54) is 26.2 Å². The molecular weight excluding hydrogens is 268 g/mol. The third-order valence-corrected chi connectivity index (χ3v) is 4.23. The summed E-state index contributed by atoms with van der Waals surface area (Å²) in [6, 6.07) is 3.54. The molecule has 1 rings (SSSR count). The topological polar surface area (TPSA) is 98.5 Å². The first kappa shape index (κ1) is 15.5. The summed E-state index contributed by atoms with van der Waals surface area (Å²) in [5, 5.41) is 0. The zero-order valence-electron chi connectivity index (χ0n) is 11.1. The first-order valence-electron chi connectivity index (χ1n) is 5.80. The number of aryl methyl sites for hydroxylation is 1. The monoisotopic (exact) mass is 286 g/mol. The van der Waals surface area contributed by atoms with Gasteiger partial charge in [-0.2, -0.15) is 4.72 Å². The lowest BCUT2D eigenvalue weighted by atomic mass is 10.1. The summed E-state index contributed by atoms with van der Waals surface area (Å²) in [6.07, 6.45) is 0.720. The van der Waals surface area contributed by atoms with E-state index in [4.69, 9.17) is 5.73 Å². The first-order chi connectivity index (χ1) is 8.81. The number of ether oxygens (including phenoxy) is 1. The Morgan fingerprint density at radius 3 is 2.58 bits per heavy atom. The molecule has 106 valence electrons. The fourth-order valence-corrected chi connectivity index (χ4v) is 2.81. The van der Waals surface area contributed by atoms with Crippen molar-refractivity contribution in [3.05, 3.63) is 23.8 Å². The van der Waals surface area contributed by atoms with Crippen LogP contribution in [0.5, 0.6) is 0 Å². The van der Waals surface area contributed by atoms with Gasteiger partial charge in [-0.05, 0) is 31.0 Å². The second-order valence-electron chi connectivity index (χ2n) is 4.08. The predicted molar refractivity (Wildman–Crippen MR) is 72.0 cm³/mol. The number of hydrogen-bond acceptors (Lipinski definition) is 5. The number of rotatable bonds is 5. The Labute approximate surface area is 113 Å². The number of sulfonamides is 1. The number of nitrogen functional groups attached to an aromatic ring is 1. The van der Waals surface area contributed by atoms with Crippen LogP contribution in [-0.2, 0) is 26.0 Å². The molecule has 0 spiro atoms. The van der Waals surface area contributed by atoms with Gasteiger partial charge in [0.2, 0.25) is 10.0 Å². The molecule has 0 saturated carbocycles. The second-order valence-corrected chi connectivity index (χ2v) is 5.79. The number of methoxy groups -OCH3 is 1. The second kappa shape index (κ2) is 6.03. The normalized spacial score (nSPS) is 13.0. The molecule has 1 atom stereocenters. The van der Waals surface area contributed by atoms with Crippen LogP contribution < -0.4 is 10.5 Å². The van der Waals surface area contributed by atoms with Crippen LogP contribution in [0.15, 0.2) is 23.1 Å². The molecule has 1 aromatic rings. The lowest BCUT2D eigenvalue weighted by Gasteiger charge is -2.13. The molecule has 19 heavy (non-hydrogen) atoms. The van der Waals surface area contributed by atoms with Crippen LogP contribution in [0.3, 0.4) is 0 Å². The maximum absolute atomic E-state index is 12.0. The van der Waals surface area contributed by atoms with Gasteiger partial charge in [-0.1, -0.05) is 13.0 Å². The van der Waals surface area contributed by atoms with Crippen molar-refractivity contribution < 1.29 is 17.9 Å². The minimum Gasteiger partial charge on any atom is -0.468 e. The number of carbonyl (C=O) groups excluding carboxylic acids is 1. The van der Waals surface area contributed by atoms with Gasteiger partial charge in [0.05, 0.1) is 12.0 Å². The number of benzene rings is 1. The summed E-state index contributed by atoms with van der Waals surface area (Å²) in [7, 11) is -2.60. The molecule has 1 aromatic carbocycles. The van der Waals surface area contributed by atoms with Crippen molar-refractivity contribution in [3.8, 4) is 0 Å². The summed E-state index contributed by atoms with van der Waals surface area (Å²) in [4.78, 5) is 11.2. The molecule has 7 heteroatoms. The lowest BCUT2D eigenvalue weighted by molar-refractivity contribution is -0.142. The van der Waals surface area contributed by atoms with Crippen molar-refractivity contribution in [2.75, 3.05) is 12.8 Å². The predicted octanol–water partition coefficient (Wildman–Crippen LogP) is 0.671. The maximum Gasteiger partial charge on any atom is 0.323 e. The van der Waals surface area contributed by atoms with Gasteiger partial charge in [0.15, 0.2) is 0 Å². The first-order valence-corrected chi connectivity index (χ1v) is 7.28. The van der Waals surface area contributed by atoms with Crippen LogP contribution in [0.2, 0.25) is 0 Å². The van der Waals surface area contributed by atoms with E-state index in [2.05, 4.69) is 9.46 Å². The third kappa shape index (κ3) is 3.68. The molecule has 0 aliphatic rings. The highest BCUT2D eigenvalue weighted by atomic mass is 32.2. The van der Waals surface area contributed by atoms with Gasteiger partial charge >= 0.3 is 5.97 Å². The Bertz CT molecular complexity index is 569. The molecule has 3 N–H and O–H groups in total. The Morgan fingerprint density at radius 1 is 1.47 bits per heavy atom. The minimum atomic E-state index is -3.79. The van der Waals surface area contributed by atoms with Crippen molar-refractivity contribution in [1.82, 2.24) is 4.72 Å². The molecule has 0 saturated heterocycles. The van der Waals surface area contributed by atoms with Crippen molar-refractivity contribution in [1.29, 1.82) is 0 Å². The molecule has 6 nitrogen and oxygen atoms in total. The smallest absolute Gasteiger partial charge is 0.323 e. The summed E-state index contributed by atoms with van der Waals surface area (Å²) in [5.41, 5.74) is 7.05. The van der Waals surface area contributed by atoms with Crippen molar-refractivity contribution in [2.45, 2.75) is 31.2 Å². The van der Waals surface area contributed by atoms with Gasteiger partial charge in [0.25, 0.3) is 0 Å². The molecule has 0 fully saturated rings. The van der Waals surface area contributed by atoms with Crippen LogP contribution in [0.4, 0.5) is 5.69 Å². The van der Waals surface area contributed by atoms with E-state index in [-0.39, 0.29) is 4.90 Å². The quantitative estimate of drug-likeness (QED) is 0.612. The number of nitrogens with one attached hydrogen (secondary N) is 1. The molecule has 0 aliphatic heterocycles. The number of nitrogens with two attached hydrogens (primary N) is 1. The van der Waals surface area contributed by atoms with Crippen molar-refractivity contribution in [2.24, 2.45) is 0 Å². The number of esters is 1. The van der Waals surface area contributed by atoms with E-state index in [9.17, 15) is 13.2 Å². The van der Waals surface area contributed by atoms with Gasteiger partial charge in [-0.15, -0.1) is 0 Å². The van der Waals surface area contributed by atoms with E-state index in [1.807, 2.05) is 6.92 Å². The van der Waals surface area contributed by atoms with E-state index in [0.717, 1.165) is 12.0 Å². The summed E-state index contributed by atoms with van der Waals surface area (Å²) in [5.74, 6) is -0.651. The SMILES string of the molecule is CCc1ccc(S(=O)(=O)NC(C)C(=O)OC)cc1N. The standard InChI is InChI=1S/C12H18N2O4S/c1-4-9-5-6-10(7-11(9)13)19(16,17)14-8(2)12(15)18-3/h5-8,14H,4,13H2,1-3H3. The summed E-state index contributed by atoms with van der Waals surface area (Å²) < 4.78 is 30.8. The number of carbonyl (C=O) groups is 1. The Hall–Kier alpha value is -1.60. The average Bonchev–Trinajstić information content (AvgIpc) is 2.37. The van der Waals surface area contributed by atoms with Crippen LogP contribution >= 0.6 is 0 Å². The maximum atomic E-state index is 12.0. The van der Waals surface area contributed by atoms with E-state index in [0.29, 0.717) is 5.69 Å². The summed E-state index contributed by atoms with van der Waals surface area (Å²) in [6.45, 7) is 3.34. The molecule has 1 unspecified atom stereocenters. The van der Waals surface area contributed by atoms with E-state index >= 15 is 0 Å². The Kier molecular flexibility index (Phi) is 4.90. The zero-order chi connectivity index (χ0) is 14.6. The van der Waals surface area contributed by atoms with Gasteiger partial charge in [-0.25, -0.2) is 8.42 Å². The van der Waals surface area contributed by atoms with Crippen LogP contribution in [0.25, 0.3) is 0 Å². The molecule has 0 bridgehead atoms. The van der Waals surface area contributed by atoms with E-state index < -0.39 is 22.0 Å². The Balaban J connectivity index is 3.01. The number of hydrogen-bond donors (Lipinski definition) is 2. The van der Waals surface area contributed by atoms with Gasteiger partial charge < -0.3 is 10.5 Å². The molecular formula is C12H18N2O4S. The fraction of sp³-hybridized carbons (Fsp3) is 0.417. The fourth-order valence-electron chi connectivity index (χ4n) is 1.59.